The van der Waals surface area contributed by atoms with Gasteiger partial charge in [0.2, 0.25) is 0 Å². The summed E-state index contributed by atoms with van der Waals surface area (Å²) >= 11 is 0. The van der Waals surface area contributed by atoms with E-state index in [2.05, 4.69) is 24.8 Å². The maximum Gasteiger partial charge on any atom is 0.0436 e. The molecule has 0 spiro atoms. The highest BCUT2D eigenvalue weighted by Crippen LogP contribution is 2.48. The fourth-order valence-electron chi connectivity index (χ4n) is 3.07. The molecule has 0 aromatic carbocycles. The molecule has 1 nitrogen and oxygen atoms in total. The average Bonchev–Trinajstić information content (AvgIpc) is 2.68. The predicted molar refractivity (Wildman–Crippen MR) is 54.2 cm³/mol. The van der Waals surface area contributed by atoms with Gasteiger partial charge in [-0.2, -0.15) is 0 Å². The molecule has 0 saturated heterocycles. The third kappa shape index (κ3) is 1.46. The van der Waals surface area contributed by atoms with Gasteiger partial charge in [0, 0.05) is 6.61 Å². The molecule has 0 radical (unpaired) electrons. The average molecular weight is 178 g/mol. The van der Waals surface area contributed by atoms with Crippen molar-refractivity contribution in [3.8, 4) is 0 Å². The van der Waals surface area contributed by atoms with E-state index < -0.39 is 0 Å². The third-order valence-corrected chi connectivity index (χ3v) is 3.69. The van der Waals surface area contributed by atoms with Crippen molar-refractivity contribution in [2.24, 2.45) is 23.7 Å². The normalized spacial score (nSPS) is 42.2. The molecule has 1 N–H and O–H groups in total. The van der Waals surface area contributed by atoms with Gasteiger partial charge >= 0.3 is 0 Å². The van der Waals surface area contributed by atoms with E-state index in [0.29, 0.717) is 18.4 Å². The van der Waals surface area contributed by atoms with Gasteiger partial charge in [-0.3, -0.25) is 0 Å². The fourth-order valence-corrected chi connectivity index (χ4v) is 3.07. The molecule has 0 unspecified atom stereocenters. The molecule has 2 aliphatic rings. The summed E-state index contributed by atoms with van der Waals surface area (Å²) in [5.74, 6) is 2.83. The summed E-state index contributed by atoms with van der Waals surface area (Å²) in [5.41, 5.74) is 0. The third-order valence-electron chi connectivity index (χ3n) is 3.69. The summed E-state index contributed by atoms with van der Waals surface area (Å²) in [5, 5.41) is 8.95. The van der Waals surface area contributed by atoms with Crippen LogP contribution in [0.1, 0.15) is 19.3 Å². The lowest BCUT2D eigenvalue weighted by atomic mass is 9.82. The first kappa shape index (κ1) is 9.01. The van der Waals surface area contributed by atoms with Crippen LogP contribution in [0.4, 0.5) is 0 Å². The second-order valence-corrected chi connectivity index (χ2v) is 4.28. The van der Waals surface area contributed by atoms with Crippen LogP contribution in [0.3, 0.4) is 0 Å². The van der Waals surface area contributed by atoms with Crippen LogP contribution in [-0.4, -0.2) is 11.7 Å². The Labute approximate surface area is 80.2 Å². The van der Waals surface area contributed by atoms with Crippen LogP contribution in [0.5, 0.6) is 0 Å². The maximum absolute atomic E-state index is 8.95. The number of aliphatic hydroxyl groups excluding tert-OH is 1. The zero-order valence-electron chi connectivity index (χ0n) is 8.02. The topological polar surface area (TPSA) is 20.2 Å². The smallest absolute Gasteiger partial charge is 0.0436 e. The van der Waals surface area contributed by atoms with E-state index in [9.17, 15) is 0 Å². The Bertz CT molecular complexity index is 219. The van der Waals surface area contributed by atoms with Gasteiger partial charge in [0.1, 0.15) is 0 Å². The quantitative estimate of drug-likeness (QED) is 0.658. The standard InChI is InChI=1S/C12H18O/c1-2-9-3-4-10-5-6-11(7-8-13)12(9)10/h2,5-6,9-13H,1,3-4,7-8H2/t9-,10-,11+,12-/m1/s1. The molecule has 13 heavy (non-hydrogen) atoms. The van der Waals surface area contributed by atoms with Crippen molar-refractivity contribution in [1.82, 2.24) is 0 Å². The zero-order valence-corrected chi connectivity index (χ0v) is 8.02. The van der Waals surface area contributed by atoms with Gasteiger partial charge in [0.05, 0.1) is 0 Å². The van der Waals surface area contributed by atoms with E-state index in [4.69, 9.17) is 5.11 Å². The highest BCUT2D eigenvalue weighted by Gasteiger charge is 2.40. The van der Waals surface area contributed by atoms with Crippen LogP contribution in [0.15, 0.2) is 24.8 Å². The molecule has 0 bridgehead atoms. The number of hydrogen-bond acceptors (Lipinski definition) is 1. The lowest BCUT2D eigenvalue weighted by Gasteiger charge is -2.22. The minimum absolute atomic E-state index is 0.322. The highest BCUT2D eigenvalue weighted by molar-refractivity contribution is 5.13. The first-order chi connectivity index (χ1) is 6.36. The Balaban J connectivity index is 2.07. The molecule has 72 valence electrons. The Kier molecular flexibility index (Phi) is 2.54. The number of aliphatic hydroxyl groups is 1. The second-order valence-electron chi connectivity index (χ2n) is 4.28. The molecule has 1 fully saturated rings. The van der Waals surface area contributed by atoms with Gasteiger partial charge in [-0.25, -0.2) is 0 Å². The van der Waals surface area contributed by atoms with Crippen molar-refractivity contribution in [3.63, 3.8) is 0 Å². The van der Waals surface area contributed by atoms with Crippen LogP contribution in [0.25, 0.3) is 0 Å². The molecule has 0 aromatic heterocycles. The number of allylic oxidation sites excluding steroid dienone is 3. The second kappa shape index (κ2) is 3.67. The molecule has 1 heteroatoms. The SMILES string of the molecule is C=C[C@@H]1CC[C@@H]2C=C[C@@H](CCO)[C@H]12. The van der Waals surface area contributed by atoms with Gasteiger partial charge < -0.3 is 5.11 Å². The van der Waals surface area contributed by atoms with Crippen LogP contribution < -0.4 is 0 Å². The molecule has 4 atom stereocenters. The number of fused-ring (bicyclic) bond motifs is 1. The number of rotatable bonds is 3. The van der Waals surface area contributed by atoms with Gasteiger partial charge in [0.25, 0.3) is 0 Å². The molecule has 2 aliphatic carbocycles. The van der Waals surface area contributed by atoms with Crippen LogP contribution in [-0.2, 0) is 0 Å². The fraction of sp³-hybridized carbons (Fsp3) is 0.667. The van der Waals surface area contributed by atoms with E-state index in [0.717, 1.165) is 18.3 Å². The summed E-state index contributed by atoms with van der Waals surface area (Å²) in [6, 6.07) is 0. The molecular formula is C12H18O. The lowest BCUT2D eigenvalue weighted by molar-refractivity contribution is 0.228. The molecule has 0 aromatic rings. The van der Waals surface area contributed by atoms with Crippen molar-refractivity contribution < 1.29 is 5.11 Å². The minimum atomic E-state index is 0.322. The van der Waals surface area contributed by atoms with E-state index in [1.807, 2.05) is 0 Å². The molecule has 2 rings (SSSR count). The lowest BCUT2D eigenvalue weighted by Crippen LogP contribution is -2.18. The first-order valence-electron chi connectivity index (χ1n) is 5.28. The van der Waals surface area contributed by atoms with E-state index in [1.165, 1.54) is 12.8 Å². The van der Waals surface area contributed by atoms with E-state index in [-0.39, 0.29) is 0 Å². The largest absolute Gasteiger partial charge is 0.396 e. The van der Waals surface area contributed by atoms with Crippen LogP contribution in [0, 0.1) is 23.7 Å². The summed E-state index contributed by atoms with van der Waals surface area (Å²) in [6.45, 7) is 4.23. The van der Waals surface area contributed by atoms with Crippen molar-refractivity contribution in [1.29, 1.82) is 0 Å². The van der Waals surface area contributed by atoms with Gasteiger partial charge in [0.15, 0.2) is 0 Å². The van der Waals surface area contributed by atoms with Crippen LogP contribution in [0.2, 0.25) is 0 Å². The van der Waals surface area contributed by atoms with E-state index >= 15 is 0 Å². The molecule has 0 aliphatic heterocycles. The Morgan fingerprint density at radius 2 is 2.23 bits per heavy atom. The predicted octanol–water partition coefficient (Wildman–Crippen LogP) is 2.38. The summed E-state index contributed by atoms with van der Waals surface area (Å²) < 4.78 is 0. The molecular weight excluding hydrogens is 160 g/mol. The highest BCUT2D eigenvalue weighted by atomic mass is 16.3. The zero-order chi connectivity index (χ0) is 9.26. The summed E-state index contributed by atoms with van der Waals surface area (Å²) in [6.07, 6.45) is 10.3. The molecule has 0 amide bonds. The number of hydrogen-bond donors (Lipinski definition) is 1. The molecule has 1 saturated carbocycles. The van der Waals surface area contributed by atoms with Crippen molar-refractivity contribution in [3.05, 3.63) is 24.8 Å². The van der Waals surface area contributed by atoms with Gasteiger partial charge in [-0.05, 0) is 42.9 Å². The van der Waals surface area contributed by atoms with Crippen molar-refractivity contribution >= 4 is 0 Å². The van der Waals surface area contributed by atoms with Crippen molar-refractivity contribution in [2.75, 3.05) is 6.61 Å². The Hall–Kier alpha value is -0.560. The first-order valence-corrected chi connectivity index (χ1v) is 5.28. The van der Waals surface area contributed by atoms with E-state index in [1.54, 1.807) is 0 Å². The maximum atomic E-state index is 8.95. The van der Waals surface area contributed by atoms with Gasteiger partial charge in [-0.15, -0.1) is 6.58 Å². The Morgan fingerprint density at radius 3 is 2.92 bits per heavy atom. The van der Waals surface area contributed by atoms with Gasteiger partial charge in [-0.1, -0.05) is 18.2 Å². The Morgan fingerprint density at radius 1 is 1.38 bits per heavy atom. The summed E-state index contributed by atoms with van der Waals surface area (Å²) in [7, 11) is 0. The molecule has 0 heterocycles. The summed E-state index contributed by atoms with van der Waals surface area (Å²) in [4.78, 5) is 0. The minimum Gasteiger partial charge on any atom is -0.396 e. The monoisotopic (exact) mass is 178 g/mol. The van der Waals surface area contributed by atoms with Crippen molar-refractivity contribution in [2.45, 2.75) is 19.3 Å². The van der Waals surface area contributed by atoms with Crippen LogP contribution >= 0.6 is 0 Å².